The van der Waals surface area contributed by atoms with Gasteiger partial charge in [-0.25, -0.2) is 12.7 Å². The van der Waals surface area contributed by atoms with Crippen molar-refractivity contribution in [1.82, 2.24) is 4.31 Å². The lowest BCUT2D eigenvalue weighted by Gasteiger charge is -2.37. The van der Waals surface area contributed by atoms with Gasteiger partial charge in [0.15, 0.2) is 0 Å². The fourth-order valence-electron chi connectivity index (χ4n) is 4.92. The number of anilines is 1. The standard InChI is InChI=1S/C21H30N2O3S/c1-15-7-6-8-19(16(15)2)22-20(24)18-13-23(27(25,26)17-9-10-17)14-21(18)11-4-3-5-12-21/h6-8,17-18H,3-5,9-14H2,1-2H3,(H,22,24). The third-order valence-electron chi connectivity index (χ3n) is 6.95. The van der Waals surface area contributed by atoms with Gasteiger partial charge in [-0.2, -0.15) is 0 Å². The maximum Gasteiger partial charge on any atom is 0.229 e. The fourth-order valence-corrected chi connectivity index (χ4v) is 6.87. The number of nitrogens with one attached hydrogen (secondary N) is 1. The molecule has 1 aliphatic heterocycles. The normalized spacial score (nSPS) is 25.6. The van der Waals surface area contributed by atoms with E-state index < -0.39 is 10.0 Å². The number of nitrogens with zero attached hydrogens (tertiary/aromatic N) is 1. The van der Waals surface area contributed by atoms with Crippen LogP contribution < -0.4 is 5.32 Å². The third kappa shape index (κ3) is 3.42. The van der Waals surface area contributed by atoms with E-state index >= 15 is 0 Å². The van der Waals surface area contributed by atoms with Crippen LogP contribution in [0.3, 0.4) is 0 Å². The molecule has 0 aromatic heterocycles. The summed E-state index contributed by atoms with van der Waals surface area (Å²) in [6.07, 6.45) is 6.80. The Hall–Kier alpha value is -1.40. The third-order valence-corrected chi connectivity index (χ3v) is 9.26. The average Bonchev–Trinajstić information content (AvgIpc) is 3.43. The lowest BCUT2D eigenvalue weighted by Crippen LogP contribution is -2.39. The van der Waals surface area contributed by atoms with E-state index in [-0.39, 0.29) is 22.5 Å². The van der Waals surface area contributed by atoms with Crippen LogP contribution in [-0.2, 0) is 14.8 Å². The van der Waals surface area contributed by atoms with Gasteiger partial charge in [-0.15, -0.1) is 0 Å². The Morgan fingerprint density at radius 1 is 1.15 bits per heavy atom. The van der Waals surface area contributed by atoms with Crippen LogP contribution in [0, 0.1) is 25.2 Å². The van der Waals surface area contributed by atoms with Gasteiger partial charge >= 0.3 is 0 Å². The van der Waals surface area contributed by atoms with Crippen LogP contribution in [0.15, 0.2) is 18.2 Å². The van der Waals surface area contributed by atoms with Gasteiger partial charge in [0.25, 0.3) is 0 Å². The van der Waals surface area contributed by atoms with E-state index in [1.54, 1.807) is 4.31 Å². The van der Waals surface area contributed by atoms with E-state index in [4.69, 9.17) is 0 Å². The minimum Gasteiger partial charge on any atom is -0.326 e. The molecule has 1 unspecified atom stereocenters. The van der Waals surface area contributed by atoms with E-state index in [2.05, 4.69) is 5.32 Å². The van der Waals surface area contributed by atoms with Crippen LogP contribution in [0.1, 0.15) is 56.1 Å². The van der Waals surface area contributed by atoms with E-state index in [0.717, 1.165) is 55.3 Å². The summed E-state index contributed by atoms with van der Waals surface area (Å²) in [5.74, 6) is -0.273. The topological polar surface area (TPSA) is 66.5 Å². The molecule has 1 saturated heterocycles. The smallest absolute Gasteiger partial charge is 0.229 e. The number of carbonyl (C=O) groups is 1. The average molecular weight is 391 g/mol. The minimum absolute atomic E-state index is 0.0147. The Labute approximate surface area is 162 Å². The van der Waals surface area contributed by atoms with Gasteiger partial charge in [0, 0.05) is 18.8 Å². The molecule has 1 aromatic carbocycles. The van der Waals surface area contributed by atoms with Crippen molar-refractivity contribution in [1.29, 1.82) is 0 Å². The number of benzene rings is 1. The molecular weight excluding hydrogens is 360 g/mol. The van der Waals surface area contributed by atoms with Crippen molar-refractivity contribution in [3.63, 3.8) is 0 Å². The summed E-state index contributed by atoms with van der Waals surface area (Å²) in [4.78, 5) is 13.3. The molecule has 1 spiro atoms. The summed E-state index contributed by atoms with van der Waals surface area (Å²) >= 11 is 0. The monoisotopic (exact) mass is 390 g/mol. The highest BCUT2D eigenvalue weighted by Gasteiger charge is 2.55. The van der Waals surface area contributed by atoms with Crippen LogP contribution in [0.25, 0.3) is 0 Å². The van der Waals surface area contributed by atoms with Gasteiger partial charge in [-0.3, -0.25) is 4.79 Å². The molecule has 1 aromatic rings. The Morgan fingerprint density at radius 3 is 2.52 bits per heavy atom. The molecule has 5 nitrogen and oxygen atoms in total. The molecular formula is C21H30N2O3S. The maximum absolute atomic E-state index is 13.3. The summed E-state index contributed by atoms with van der Waals surface area (Å²) in [7, 11) is -3.24. The Morgan fingerprint density at radius 2 is 1.85 bits per heavy atom. The summed E-state index contributed by atoms with van der Waals surface area (Å²) < 4.78 is 27.3. The first-order valence-corrected chi connectivity index (χ1v) is 11.7. The van der Waals surface area contributed by atoms with E-state index in [1.165, 1.54) is 6.42 Å². The number of hydrogen-bond acceptors (Lipinski definition) is 3. The quantitative estimate of drug-likeness (QED) is 0.854. The first-order valence-electron chi connectivity index (χ1n) is 10.2. The molecule has 1 atom stereocenters. The number of rotatable bonds is 4. The molecule has 27 heavy (non-hydrogen) atoms. The number of aryl methyl sites for hydroxylation is 1. The minimum atomic E-state index is -3.24. The van der Waals surface area contributed by atoms with Crippen LogP contribution in [-0.4, -0.2) is 37.0 Å². The Bertz CT molecular complexity index is 839. The number of hydrogen-bond donors (Lipinski definition) is 1. The predicted octanol–water partition coefficient (Wildman–Crippen LogP) is 3.62. The van der Waals surface area contributed by atoms with E-state index in [9.17, 15) is 13.2 Å². The molecule has 3 aliphatic rings. The van der Waals surface area contributed by atoms with E-state index in [1.807, 2.05) is 32.0 Å². The SMILES string of the molecule is Cc1cccc(NC(=O)C2CN(S(=O)(=O)C3CC3)CC23CCCCC3)c1C. The molecule has 2 aliphatic carbocycles. The van der Waals surface area contributed by atoms with Gasteiger partial charge in [0.05, 0.1) is 11.2 Å². The van der Waals surface area contributed by atoms with Crippen LogP contribution in [0.5, 0.6) is 0 Å². The molecule has 1 heterocycles. The highest BCUT2D eigenvalue weighted by atomic mass is 32.2. The van der Waals surface area contributed by atoms with Crippen LogP contribution >= 0.6 is 0 Å². The second-order valence-electron chi connectivity index (χ2n) is 8.75. The molecule has 3 fully saturated rings. The number of sulfonamides is 1. The zero-order chi connectivity index (χ0) is 19.2. The van der Waals surface area contributed by atoms with Crippen molar-refractivity contribution < 1.29 is 13.2 Å². The lowest BCUT2D eigenvalue weighted by atomic mass is 9.67. The molecule has 6 heteroatoms. The summed E-state index contributed by atoms with van der Waals surface area (Å²) in [5.41, 5.74) is 2.87. The van der Waals surface area contributed by atoms with Crippen molar-refractivity contribution in [2.24, 2.45) is 11.3 Å². The van der Waals surface area contributed by atoms with Gasteiger partial charge < -0.3 is 5.32 Å². The van der Waals surface area contributed by atoms with Crippen molar-refractivity contribution >= 4 is 21.6 Å². The first-order chi connectivity index (χ1) is 12.8. The molecule has 2 saturated carbocycles. The maximum atomic E-state index is 13.3. The largest absolute Gasteiger partial charge is 0.326 e. The zero-order valence-corrected chi connectivity index (χ0v) is 17.1. The number of carbonyl (C=O) groups excluding carboxylic acids is 1. The van der Waals surface area contributed by atoms with Crippen LogP contribution in [0.2, 0.25) is 0 Å². The predicted molar refractivity (Wildman–Crippen MR) is 107 cm³/mol. The van der Waals surface area contributed by atoms with Crippen molar-refractivity contribution in [3.8, 4) is 0 Å². The van der Waals surface area contributed by atoms with Crippen molar-refractivity contribution in [2.75, 3.05) is 18.4 Å². The summed E-state index contributed by atoms with van der Waals surface area (Å²) in [5, 5.41) is 2.91. The molecule has 4 rings (SSSR count). The first kappa shape index (κ1) is 18.9. The lowest BCUT2D eigenvalue weighted by molar-refractivity contribution is -0.123. The molecule has 148 valence electrons. The van der Waals surface area contributed by atoms with Crippen LogP contribution in [0.4, 0.5) is 5.69 Å². The van der Waals surface area contributed by atoms with Crippen molar-refractivity contribution in [2.45, 2.75) is 64.0 Å². The Kier molecular flexibility index (Phi) is 4.83. The second kappa shape index (κ2) is 6.89. The molecule has 0 radical (unpaired) electrons. The zero-order valence-electron chi connectivity index (χ0n) is 16.3. The number of amides is 1. The Balaban J connectivity index is 1.60. The highest BCUT2D eigenvalue weighted by Crippen LogP contribution is 2.50. The highest BCUT2D eigenvalue weighted by molar-refractivity contribution is 7.90. The molecule has 0 bridgehead atoms. The van der Waals surface area contributed by atoms with Crippen molar-refractivity contribution in [3.05, 3.63) is 29.3 Å². The van der Waals surface area contributed by atoms with Gasteiger partial charge in [-0.1, -0.05) is 31.4 Å². The van der Waals surface area contributed by atoms with Gasteiger partial charge in [-0.05, 0) is 62.1 Å². The summed E-state index contributed by atoms with van der Waals surface area (Å²) in [6.45, 7) is 4.92. The second-order valence-corrected chi connectivity index (χ2v) is 11.0. The van der Waals surface area contributed by atoms with E-state index in [0.29, 0.717) is 13.1 Å². The summed E-state index contributed by atoms with van der Waals surface area (Å²) in [6, 6.07) is 5.92. The van der Waals surface area contributed by atoms with Gasteiger partial charge in [0.2, 0.25) is 15.9 Å². The van der Waals surface area contributed by atoms with Gasteiger partial charge in [0.1, 0.15) is 0 Å². The fraction of sp³-hybridized carbons (Fsp3) is 0.667. The molecule has 1 N–H and O–H groups in total. The molecule has 1 amide bonds.